The summed E-state index contributed by atoms with van der Waals surface area (Å²) in [5.74, 6) is -1.35. The number of amides is 4. The molecule has 0 saturated carbocycles. The number of carboxylic acid groups (broad SMARTS) is 1. The fourth-order valence-electron chi connectivity index (χ4n) is 3.77. The minimum absolute atomic E-state index is 0.0623. The van der Waals surface area contributed by atoms with Crippen LogP contribution in [0, 0.1) is 0 Å². The van der Waals surface area contributed by atoms with Crippen LogP contribution in [0.25, 0.3) is 6.08 Å². The highest BCUT2D eigenvalue weighted by Gasteiger charge is 2.34. The zero-order valence-corrected chi connectivity index (χ0v) is 18.9. The molecule has 1 saturated heterocycles. The molecule has 0 radical (unpaired) electrons. The van der Waals surface area contributed by atoms with Crippen molar-refractivity contribution in [3.05, 3.63) is 89.2 Å². The van der Waals surface area contributed by atoms with E-state index in [1.54, 1.807) is 42.5 Å². The van der Waals surface area contributed by atoms with E-state index in [0.29, 0.717) is 23.4 Å². The summed E-state index contributed by atoms with van der Waals surface area (Å²) in [6, 6.07) is 13.4. The van der Waals surface area contributed by atoms with Crippen LogP contribution in [0.3, 0.4) is 0 Å². The monoisotopic (exact) mass is 473 g/mol. The quantitative estimate of drug-likeness (QED) is 0.419. The third-order valence-electron chi connectivity index (χ3n) is 5.66. The number of carbonyl (C=O) groups excluding carboxylic acids is 3. The fraction of sp³-hybridized carbons (Fsp3) is 0.154. The van der Waals surface area contributed by atoms with Gasteiger partial charge in [0, 0.05) is 11.6 Å². The lowest BCUT2D eigenvalue weighted by atomic mass is 9.90. The first kappa shape index (κ1) is 23.5. The summed E-state index contributed by atoms with van der Waals surface area (Å²) in [7, 11) is 1.54. The van der Waals surface area contributed by atoms with Gasteiger partial charge in [0.1, 0.15) is 18.0 Å². The number of carbonyl (C=O) groups is 4. The summed E-state index contributed by atoms with van der Waals surface area (Å²) >= 11 is 0. The standard InChI is InChI=1S/C26H23N3O6/c1-35-21-12-10-20(11-13-21)27-23(30)15-29-24(31)22(28-26(29)34)14-16-2-4-17(5-3-16)18-6-8-19(9-7-18)25(32)33/h2-6,8-14,18H,7,15H2,1H3,(H,27,30)(H,28,34)(H,32,33)/b22-14-. The number of nitrogens with one attached hydrogen (secondary N) is 2. The number of imide groups is 1. The number of allylic oxidation sites excluding steroid dienone is 2. The van der Waals surface area contributed by atoms with Gasteiger partial charge in [-0.25, -0.2) is 14.5 Å². The van der Waals surface area contributed by atoms with E-state index < -0.39 is 30.4 Å². The van der Waals surface area contributed by atoms with Crippen molar-refractivity contribution in [1.82, 2.24) is 10.2 Å². The summed E-state index contributed by atoms with van der Waals surface area (Å²) in [5, 5.41) is 14.2. The van der Waals surface area contributed by atoms with Crippen molar-refractivity contribution in [3.63, 3.8) is 0 Å². The number of rotatable bonds is 7. The van der Waals surface area contributed by atoms with Crippen LogP contribution in [0.15, 0.2) is 78.0 Å². The largest absolute Gasteiger partial charge is 0.497 e. The lowest BCUT2D eigenvalue weighted by molar-refractivity contribution is -0.132. The SMILES string of the molecule is COc1ccc(NC(=O)CN2C(=O)N/C(=C\c3ccc(C4C=CC(C(=O)O)=CC4)cc3)C2=O)cc1. The maximum Gasteiger partial charge on any atom is 0.335 e. The molecule has 4 rings (SSSR count). The zero-order chi connectivity index (χ0) is 24.9. The topological polar surface area (TPSA) is 125 Å². The molecule has 0 bridgehead atoms. The molecule has 1 aliphatic carbocycles. The van der Waals surface area contributed by atoms with Crippen LogP contribution in [0.2, 0.25) is 0 Å². The molecule has 4 amide bonds. The van der Waals surface area contributed by atoms with E-state index in [4.69, 9.17) is 9.84 Å². The molecule has 3 N–H and O–H groups in total. The lowest BCUT2D eigenvalue weighted by Gasteiger charge is -2.15. The lowest BCUT2D eigenvalue weighted by Crippen LogP contribution is -2.38. The molecule has 2 aliphatic rings. The summed E-state index contributed by atoms with van der Waals surface area (Å²) in [6.45, 7) is -0.424. The van der Waals surface area contributed by atoms with Crippen molar-refractivity contribution in [2.24, 2.45) is 0 Å². The van der Waals surface area contributed by atoms with Crippen molar-refractivity contribution in [2.45, 2.75) is 12.3 Å². The van der Waals surface area contributed by atoms with Crippen molar-refractivity contribution in [1.29, 1.82) is 0 Å². The number of hydrogen-bond donors (Lipinski definition) is 3. The van der Waals surface area contributed by atoms with Crippen molar-refractivity contribution < 1.29 is 29.0 Å². The summed E-state index contributed by atoms with van der Waals surface area (Å²) < 4.78 is 5.07. The van der Waals surface area contributed by atoms with Crippen molar-refractivity contribution >= 4 is 35.6 Å². The van der Waals surface area contributed by atoms with E-state index in [1.165, 1.54) is 7.11 Å². The first-order valence-electron chi connectivity index (χ1n) is 10.8. The number of ether oxygens (including phenoxy) is 1. The summed E-state index contributed by atoms with van der Waals surface area (Å²) in [5.41, 5.74) is 2.57. The predicted octanol–water partition coefficient (Wildman–Crippen LogP) is 3.28. The van der Waals surface area contributed by atoms with Crippen LogP contribution in [0.5, 0.6) is 5.75 Å². The average Bonchev–Trinajstić information content (AvgIpc) is 3.12. The van der Waals surface area contributed by atoms with Crippen LogP contribution in [-0.4, -0.2) is 47.5 Å². The number of benzene rings is 2. The van der Waals surface area contributed by atoms with Gasteiger partial charge in [-0.2, -0.15) is 0 Å². The minimum atomic E-state index is -0.947. The molecule has 0 aromatic heterocycles. The molecule has 1 unspecified atom stereocenters. The van der Waals surface area contributed by atoms with Crippen molar-refractivity contribution in [2.75, 3.05) is 19.0 Å². The molecule has 1 fully saturated rings. The number of urea groups is 1. The van der Waals surface area contributed by atoms with Gasteiger partial charge in [0.15, 0.2) is 0 Å². The highest BCUT2D eigenvalue weighted by atomic mass is 16.5. The zero-order valence-electron chi connectivity index (χ0n) is 18.9. The van der Waals surface area contributed by atoms with E-state index in [2.05, 4.69) is 10.6 Å². The van der Waals surface area contributed by atoms with Gasteiger partial charge in [-0.05, 0) is 47.9 Å². The Labute approximate surface area is 201 Å². The maximum atomic E-state index is 12.7. The summed E-state index contributed by atoms with van der Waals surface area (Å²) in [4.78, 5) is 49.2. The predicted molar refractivity (Wildman–Crippen MR) is 129 cm³/mol. The second-order valence-corrected chi connectivity index (χ2v) is 7.99. The smallest absolute Gasteiger partial charge is 0.335 e. The maximum absolute atomic E-state index is 12.7. The van der Waals surface area contributed by atoms with Gasteiger partial charge < -0.3 is 20.5 Å². The molecule has 1 heterocycles. The van der Waals surface area contributed by atoms with Crippen LogP contribution < -0.4 is 15.4 Å². The van der Waals surface area contributed by atoms with Crippen molar-refractivity contribution in [3.8, 4) is 5.75 Å². The number of hydrogen-bond acceptors (Lipinski definition) is 5. The highest BCUT2D eigenvalue weighted by molar-refractivity contribution is 6.15. The molecule has 35 heavy (non-hydrogen) atoms. The normalized spacial score (nSPS) is 18.3. The van der Waals surface area contributed by atoms with Gasteiger partial charge in [-0.15, -0.1) is 0 Å². The number of anilines is 1. The Balaban J connectivity index is 1.38. The first-order valence-corrected chi connectivity index (χ1v) is 10.8. The second-order valence-electron chi connectivity index (χ2n) is 7.99. The Kier molecular flexibility index (Phi) is 6.77. The average molecular weight is 473 g/mol. The molecule has 9 heteroatoms. The molecular weight excluding hydrogens is 450 g/mol. The third-order valence-corrected chi connectivity index (χ3v) is 5.66. The Morgan fingerprint density at radius 1 is 1.14 bits per heavy atom. The molecule has 9 nitrogen and oxygen atoms in total. The number of carboxylic acids is 1. The van der Waals surface area contributed by atoms with Gasteiger partial charge in [0.05, 0.1) is 12.7 Å². The van der Waals surface area contributed by atoms with Gasteiger partial charge in [0.25, 0.3) is 5.91 Å². The number of methoxy groups -OCH3 is 1. The van der Waals surface area contributed by atoms with Crippen LogP contribution in [0.1, 0.15) is 23.5 Å². The molecule has 1 atom stereocenters. The Hall–Kier alpha value is -4.66. The van der Waals surface area contributed by atoms with E-state index in [1.807, 2.05) is 30.3 Å². The van der Waals surface area contributed by atoms with E-state index in [-0.39, 0.29) is 17.2 Å². The number of aliphatic carboxylic acids is 1. The van der Waals surface area contributed by atoms with Gasteiger partial charge in [-0.1, -0.05) is 42.5 Å². The summed E-state index contributed by atoms with van der Waals surface area (Å²) in [6.07, 6.45) is 7.27. The molecule has 1 aliphatic heterocycles. The molecule has 2 aromatic rings. The van der Waals surface area contributed by atoms with Gasteiger partial charge in [0.2, 0.25) is 5.91 Å². The second kappa shape index (κ2) is 10.1. The van der Waals surface area contributed by atoms with Crippen LogP contribution >= 0.6 is 0 Å². The van der Waals surface area contributed by atoms with E-state index >= 15 is 0 Å². The number of nitrogens with zero attached hydrogens (tertiary/aromatic N) is 1. The first-order chi connectivity index (χ1) is 16.8. The third kappa shape index (κ3) is 5.47. The Bertz CT molecular complexity index is 1260. The Morgan fingerprint density at radius 2 is 1.86 bits per heavy atom. The van der Waals surface area contributed by atoms with Crippen LogP contribution in [0.4, 0.5) is 10.5 Å². The van der Waals surface area contributed by atoms with E-state index in [9.17, 15) is 19.2 Å². The minimum Gasteiger partial charge on any atom is -0.497 e. The molecule has 0 spiro atoms. The van der Waals surface area contributed by atoms with Crippen LogP contribution in [-0.2, 0) is 14.4 Å². The molecule has 2 aromatic carbocycles. The van der Waals surface area contributed by atoms with E-state index in [0.717, 1.165) is 10.5 Å². The highest BCUT2D eigenvalue weighted by Crippen LogP contribution is 2.27. The Morgan fingerprint density at radius 3 is 2.46 bits per heavy atom. The molecular formula is C26H23N3O6. The molecule has 178 valence electrons. The fourth-order valence-corrected chi connectivity index (χ4v) is 3.77. The van der Waals surface area contributed by atoms with Gasteiger partial charge in [-0.3, -0.25) is 9.59 Å². The van der Waals surface area contributed by atoms with Gasteiger partial charge >= 0.3 is 12.0 Å².